The molecule has 5 nitrogen and oxygen atoms in total. The number of carbonyl (C=O) groups excluding carboxylic acids is 2. The van der Waals surface area contributed by atoms with Crippen LogP contribution in [0.5, 0.6) is 0 Å². The van der Waals surface area contributed by atoms with Crippen molar-refractivity contribution in [2.45, 2.75) is 23.5 Å². The third-order valence-electron chi connectivity index (χ3n) is 4.27. The third kappa shape index (κ3) is 2.90. The Hall–Kier alpha value is -2.31. The number of aliphatic hydroxyl groups is 1. The van der Waals surface area contributed by atoms with Crippen molar-refractivity contribution in [2.24, 2.45) is 0 Å². The largest absolute Gasteiger partial charge is 0.385 e. The van der Waals surface area contributed by atoms with Gasteiger partial charge in [-0.2, -0.15) is 0 Å². The number of carbonyl (C=O) groups is 2. The van der Waals surface area contributed by atoms with Crippen LogP contribution >= 0.6 is 11.8 Å². The molecule has 1 aliphatic heterocycles. The molecule has 24 heavy (non-hydrogen) atoms. The third-order valence-corrected chi connectivity index (χ3v) is 5.01. The fraction of sp³-hybridized carbons (Fsp3) is 0.222. The molecule has 2 atom stereocenters. The summed E-state index contributed by atoms with van der Waals surface area (Å²) in [6, 6.07) is 14.9. The molecule has 1 saturated heterocycles. The first-order valence-electron chi connectivity index (χ1n) is 7.50. The summed E-state index contributed by atoms with van der Waals surface area (Å²) in [4.78, 5) is 24.5. The number of hydrogen-bond acceptors (Lipinski definition) is 4. The number of thioether (sulfide) groups is 1. The second kappa shape index (κ2) is 6.30. The second-order valence-corrected chi connectivity index (χ2v) is 6.74. The summed E-state index contributed by atoms with van der Waals surface area (Å²) < 4.78 is 0. The topological polar surface area (TPSA) is 78.4 Å². The van der Waals surface area contributed by atoms with E-state index in [0.29, 0.717) is 5.56 Å². The average Bonchev–Trinajstić information content (AvgIpc) is 2.87. The number of amides is 3. The molecule has 3 amide bonds. The Morgan fingerprint density at radius 2 is 1.54 bits per heavy atom. The van der Waals surface area contributed by atoms with Crippen LogP contribution in [0.2, 0.25) is 0 Å². The number of imide groups is 1. The zero-order chi connectivity index (χ0) is 17.3. The monoisotopic (exact) mass is 342 g/mol. The Balaban J connectivity index is 1.83. The van der Waals surface area contributed by atoms with Gasteiger partial charge in [-0.1, -0.05) is 36.4 Å². The van der Waals surface area contributed by atoms with E-state index in [1.165, 1.54) is 11.8 Å². The van der Waals surface area contributed by atoms with E-state index < -0.39 is 23.6 Å². The van der Waals surface area contributed by atoms with Crippen LogP contribution in [0, 0.1) is 0 Å². The Morgan fingerprint density at radius 3 is 2.00 bits per heavy atom. The predicted molar refractivity (Wildman–Crippen MR) is 93.7 cm³/mol. The van der Waals surface area contributed by atoms with E-state index >= 15 is 0 Å². The summed E-state index contributed by atoms with van der Waals surface area (Å²) in [6.07, 6.45) is 0.904. The lowest BCUT2D eigenvalue weighted by Gasteiger charge is -2.27. The molecule has 2 aromatic rings. The molecular weight excluding hydrogens is 324 g/mol. The number of benzene rings is 2. The van der Waals surface area contributed by atoms with Crippen LogP contribution in [-0.4, -0.2) is 28.8 Å². The van der Waals surface area contributed by atoms with Gasteiger partial charge in [0, 0.05) is 4.90 Å². The maximum absolute atomic E-state index is 11.9. The molecule has 2 aromatic carbocycles. The first-order valence-corrected chi connectivity index (χ1v) is 8.72. The van der Waals surface area contributed by atoms with E-state index in [2.05, 4.69) is 22.8 Å². The van der Waals surface area contributed by atoms with Crippen LogP contribution in [0.4, 0.5) is 4.79 Å². The van der Waals surface area contributed by atoms with E-state index in [4.69, 9.17) is 0 Å². The molecule has 1 fully saturated rings. The summed E-state index contributed by atoms with van der Waals surface area (Å²) in [6.45, 7) is 1.51. The summed E-state index contributed by atoms with van der Waals surface area (Å²) in [5, 5.41) is 15.2. The van der Waals surface area contributed by atoms with Crippen molar-refractivity contribution in [2.75, 3.05) is 6.26 Å². The molecule has 0 aromatic heterocycles. The standard InChI is InChI=1S/C18H18N2O3S/c1-18(16(22)19-17(23)20-18)15(21)13-5-3-11(4-6-13)12-7-9-14(24-2)10-8-12/h3-10,15,21H,1-2H3,(H2,19,20,22,23). The zero-order valence-corrected chi connectivity index (χ0v) is 14.2. The highest BCUT2D eigenvalue weighted by molar-refractivity contribution is 7.98. The van der Waals surface area contributed by atoms with Crippen LogP contribution in [0.25, 0.3) is 11.1 Å². The number of hydrogen-bond donors (Lipinski definition) is 3. The van der Waals surface area contributed by atoms with Gasteiger partial charge in [-0.3, -0.25) is 10.1 Å². The van der Waals surface area contributed by atoms with Crippen LogP contribution in [0.1, 0.15) is 18.6 Å². The molecule has 124 valence electrons. The van der Waals surface area contributed by atoms with Gasteiger partial charge in [0.1, 0.15) is 11.6 Å². The Labute approximate surface area is 144 Å². The summed E-state index contributed by atoms with van der Waals surface area (Å²) in [5.41, 5.74) is 1.30. The van der Waals surface area contributed by atoms with Crippen molar-refractivity contribution in [1.29, 1.82) is 0 Å². The zero-order valence-electron chi connectivity index (χ0n) is 13.4. The number of aliphatic hydroxyl groups excluding tert-OH is 1. The van der Waals surface area contributed by atoms with Gasteiger partial charge in [0.05, 0.1) is 0 Å². The number of nitrogens with one attached hydrogen (secondary N) is 2. The maximum atomic E-state index is 11.9. The molecule has 1 heterocycles. The molecule has 3 rings (SSSR count). The molecule has 0 bridgehead atoms. The molecule has 0 saturated carbocycles. The van der Waals surface area contributed by atoms with Crippen LogP contribution < -0.4 is 10.6 Å². The van der Waals surface area contributed by atoms with E-state index in [-0.39, 0.29) is 0 Å². The van der Waals surface area contributed by atoms with Crippen molar-refractivity contribution in [3.63, 3.8) is 0 Å². The molecular formula is C18H18N2O3S. The molecule has 3 N–H and O–H groups in total. The van der Waals surface area contributed by atoms with Gasteiger partial charge in [0.2, 0.25) is 0 Å². The van der Waals surface area contributed by atoms with Gasteiger partial charge in [0.15, 0.2) is 0 Å². The van der Waals surface area contributed by atoms with Gasteiger partial charge in [-0.25, -0.2) is 4.79 Å². The minimum Gasteiger partial charge on any atom is -0.385 e. The molecule has 0 radical (unpaired) electrons. The highest BCUT2D eigenvalue weighted by Gasteiger charge is 2.48. The van der Waals surface area contributed by atoms with Gasteiger partial charge in [-0.15, -0.1) is 11.8 Å². The lowest BCUT2D eigenvalue weighted by molar-refractivity contribution is -0.127. The van der Waals surface area contributed by atoms with E-state index in [9.17, 15) is 14.7 Å². The lowest BCUT2D eigenvalue weighted by atomic mass is 9.89. The van der Waals surface area contributed by atoms with Crippen molar-refractivity contribution < 1.29 is 14.7 Å². The maximum Gasteiger partial charge on any atom is 0.322 e. The first kappa shape index (κ1) is 16.5. The minimum atomic E-state index is -1.36. The fourth-order valence-corrected chi connectivity index (χ4v) is 3.13. The molecule has 1 aliphatic rings. The first-order chi connectivity index (χ1) is 11.4. The van der Waals surface area contributed by atoms with Crippen LogP contribution in [-0.2, 0) is 4.79 Å². The van der Waals surface area contributed by atoms with Gasteiger partial charge in [-0.05, 0) is 42.0 Å². The Kier molecular flexibility index (Phi) is 4.34. The summed E-state index contributed by atoms with van der Waals surface area (Å²) in [5.74, 6) is -0.531. The Bertz CT molecular complexity index is 774. The summed E-state index contributed by atoms with van der Waals surface area (Å²) in [7, 11) is 0. The van der Waals surface area contributed by atoms with Crippen molar-refractivity contribution in [3.05, 3.63) is 54.1 Å². The lowest BCUT2D eigenvalue weighted by Crippen LogP contribution is -2.49. The van der Waals surface area contributed by atoms with Crippen LogP contribution in [0.3, 0.4) is 0 Å². The fourth-order valence-electron chi connectivity index (χ4n) is 2.72. The van der Waals surface area contributed by atoms with E-state index in [1.54, 1.807) is 23.9 Å². The normalized spacial score (nSPS) is 21.3. The van der Waals surface area contributed by atoms with E-state index in [1.807, 2.05) is 30.5 Å². The van der Waals surface area contributed by atoms with Gasteiger partial charge < -0.3 is 10.4 Å². The average molecular weight is 342 g/mol. The summed E-state index contributed by atoms with van der Waals surface area (Å²) >= 11 is 1.69. The van der Waals surface area contributed by atoms with Gasteiger partial charge in [0.25, 0.3) is 5.91 Å². The highest BCUT2D eigenvalue weighted by atomic mass is 32.2. The molecule has 0 aliphatic carbocycles. The smallest absolute Gasteiger partial charge is 0.322 e. The van der Waals surface area contributed by atoms with Crippen molar-refractivity contribution in [1.82, 2.24) is 10.6 Å². The SMILES string of the molecule is CSc1ccc(-c2ccc(C(O)C3(C)NC(=O)NC3=O)cc2)cc1. The van der Waals surface area contributed by atoms with E-state index in [0.717, 1.165) is 11.1 Å². The highest BCUT2D eigenvalue weighted by Crippen LogP contribution is 2.30. The van der Waals surface area contributed by atoms with Crippen LogP contribution in [0.15, 0.2) is 53.4 Å². The quantitative estimate of drug-likeness (QED) is 0.590. The number of urea groups is 1. The number of rotatable bonds is 4. The predicted octanol–water partition coefficient (Wildman–Crippen LogP) is 2.71. The van der Waals surface area contributed by atoms with Gasteiger partial charge >= 0.3 is 6.03 Å². The molecule has 2 unspecified atom stereocenters. The molecule has 0 spiro atoms. The molecule has 6 heteroatoms. The second-order valence-electron chi connectivity index (χ2n) is 5.86. The minimum absolute atomic E-state index is 0.531. The van der Waals surface area contributed by atoms with Crippen molar-refractivity contribution in [3.8, 4) is 11.1 Å². The van der Waals surface area contributed by atoms with Crippen molar-refractivity contribution >= 4 is 23.7 Å². The Morgan fingerprint density at radius 1 is 1.00 bits per heavy atom.